The molecule has 9 heteroatoms. The molecule has 1 aromatic rings. The van der Waals surface area contributed by atoms with Gasteiger partial charge in [0.1, 0.15) is 0 Å². The first kappa shape index (κ1) is 15.7. The van der Waals surface area contributed by atoms with Gasteiger partial charge in [-0.05, 0) is 0 Å². The van der Waals surface area contributed by atoms with Crippen LogP contribution in [0.4, 0.5) is 5.69 Å². The summed E-state index contributed by atoms with van der Waals surface area (Å²) in [5.41, 5.74) is 6.92. The zero-order chi connectivity index (χ0) is 10.6. The molecule has 0 amide bonds. The summed E-state index contributed by atoms with van der Waals surface area (Å²) < 4.78 is 6.70. The van der Waals surface area contributed by atoms with E-state index in [0.717, 1.165) is 5.63 Å². The average molecular weight is 887 g/mol. The molecule has 0 aliphatic rings. The Bertz CT molecular complexity index is 315. The zero-order valence-electron chi connectivity index (χ0n) is 6.43. The normalized spacial score (nSPS) is 15.5. The van der Waals surface area contributed by atoms with Crippen molar-refractivity contribution in [1.29, 1.82) is 0 Å². The minimum absolute atomic E-state index is 0.126. The molecule has 0 aromatic carbocycles. The SMILES string of the molecule is Nc1cscc1[I-]C(I)I(I)I=NI. The van der Waals surface area contributed by atoms with Crippen LogP contribution in [0, 0.1) is 3.57 Å². The molecular weight excluding hydrogens is 882 g/mol. The third-order valence-electron chi connectivity index (χ3n) is 1.05. The minimum atomic E-state index is -0.740. The molecule has 1 unspecified atom stereocenters. The second-order valence-electron chi connectivity index (χ2n) is 1.88. The standard InChI is InChI=1S/C5H5I6N2S/c6-5(11(7)10-13-8)9-3-1-14-2-4(3)12/h1-2,5H,12H2/q-1. The summed E-state index contributed by atoms with van der Waals surface area (Å²) in [4.78, 5) is 0. The van der Waals surface area contributed by atoms with E-state index in [9.17, 15) is 0 Å². The van der Waals surface area contributed by atoms with Crippen LogP contribution in [0.1, 0.15) is 0 Å². The maximum atomic E-state index is 5.90. The fraction of sp³-hybridized carbons (Fsp3) is 0.200. The number of thiophene rings is 1. The van der Waals surface area contributed by atoms with Gasteiger partial charge in [-0.1, -0.05) is 0 Å². The number of alkyl halides is 3. The second kappa shape index (κ2) is 8.73. The summed E-state index contributed by atoms with van der Waals surface area (Å²) in [6, 6.07) is 0. The molecule has 2 nitrogen and oxygen atoms in total. The van der Waals surface area contributed by atoms with Gasteiger partial charge < -0.3 is 0 Å². The third kappa shape index (κ3) is 5.55. The van der Waals surface area contributed by atoms with E-state index in [1.165, 1.54) is 3.57 Å². The molecule has 0 radical (unpaired) electrons. The van der Waals surface area contributed by atoms with Crippen molar-refractivity contribution in [2.24, 2.45) is 1.36 Å². The van der Waals surface area contributed by atoms with Crippen LogP contribution in [0.2, 0.25) is 0 Å². The van der Waals surface area contributed by atoms with E-state index < -0.39 is 11.9 Å². The van der Waals surface area contributed by atoms with Gasteiger partial charge in [-0.25, -0.2) is 0 Å². The molecule has 0 saturated carbocycles. The summed E-state index contributed by atoms with van der Waals surface area (Å²) in [7, 11) is 0. The molecular formula is C5H5I6N2S-. The first-order valence-corrected chi connectivity index (χ1v) is 23.3. The van der Waals surface area contributed by atoms with Gasteiger partial charge in [0.25, 0.3) is 0 Å². The molecule has 0 spiro atoms. The molecule has 1 rings (SSSR count). The first-order chi connectivity index (χ1) is 6.65. The molecule has 0 aliphatic heterocycles. The number of nitrogen functional groups attached to an aromatic ring is 1. The quantitative estimate of drug-likeness (QED) is 0.367. The van der Waals surface area contributed by atoms with Gasteiger partial charge in [-0.2, -0.15) is 0 Å². The van der Waals surface area contributed by atoms with Crippen molar-refractivity contribution >= 4 is 110 Å². The van der Waals surface area contributed by atoms with Gasteiger partial charge in [-0.15, -0.1) is 0 Å². The molecule has 14 heavy (non-hydrogen) atoms. The van der Waals surface area contributed by atoms with E-state index in [4.69, 9.17) is 5.73 Å². The van der Waals surface area contributed by atoms with Gasteiger partial charge in [0.15, 0.2) is 0 Å². The van der Waals surface area contributed by atoms with Crippen molar-refractivity contribution in [3.63, 3.8) is 0 Å². The van der Waals surface area contributed by atoms with Crippen molar-refractivity contribution in [3.8, 4) is 0 Å². The van der Waals surface area contributed by atoms with Gasteiger partial charge in [0, 0.05) is 0 Å². The molecule has 1 atom stereocenters. The number of anilines is 1. The van der Waals surface area contributed by atoms with Crippen LogP contribution in [0.25, 0.3) is 0 Å². The summed E-state index contributed by atoms with van der Waals surface area (Å²) >= 11 is 8.78. The fourth-order valence-electron chi connectivity index (χ4n) is 0.551. The average Bonchev–Trinajstić information content (AvgIpc) is 2.52. The van der Waals surface area contributed by atoms with E-state index in [1.807, 2.05) is 0 Å². The van der Waals surface area contributed by atoms with E-state index in [1.54, 1.807) is 11.3 Å². The Balaban J connectivity index is 2.56. The Labute approximate surface area is 148 Å². The first-order valence-electron chi connectivity index (χ1n) is 3.05. The van der Waals surface area contributed by atoms with Crippen LogP contribution in [0.3, 0.4) is 0 Å². The molecule has 1 heterocycles. The summed E-state index contributed by atoms with van der Waals surface area (Å²) in [5.74, 6) is 0. The van der Waals surface area contributed by atoms with Crippen LogP contribution in [0.5, 0.6) is 0 Å². The molecule has 1 aromatic heterocycles. The molecule has 0 bridgehead atoms. The number of hydrogen-bond donors (Lipinski definition) is 1. The third-order valence-corrected chi connectivity index (χ3v) is 61.1. The van der Waals surface area contributed by atoms with Crippen LogP contribution in [-0.2, 0) is 0 Å². The molecule has 0 aliphatic carbocycles. The van der Waals surface area contributed by atoms with E-state index in [2.05, 4.69) is 76.2 Å². The Morgan fingerprint density at radius 2 is 2.36 bits per heavy atom. The predicted octanol–water partition coefficient (Wildman–Crippen LogP) is 2.58. The van der Waals surface area contributed by atoms with Crippen molar-refractivity contribution < 1.29 is 21.2 Å². The van der Waals surface area contributed by atoms with E-state index in [-0.39, 0.29) is 38.3 Å². The van der Waals surface area contributed by atoms with Crippen molar-refractivity contribution in [2.75, 3.05) is 5.73 Å². The Hall–Kier alpha value is 3.68. The van der Waals surface area contributed by atoms with Crippen molar-refractivity contribution in [2.45, 2.75) is -0.0619 Å². The van der Waals surface area contributed by atoms with Crippen LogP contribution in [0.15, 0.2) is 12.1 Å². The van der Waals surface area contributed by atoms with E-state index in [0.29, 0.717) is 0 Å². The summed E-state index contributed by atoms with van der Waals surface area (Å²) in [5, 5.41) is 4.29. The number of halogens is 6. The van der Waals surface area contributed by atoms with Gasteiger partial charge >= 0.3 is 153 Å². The number of nitrogens with two attached hydrogens (primary N) is 1. The van der Waals surface area contributed by atoms with Gasteiger partial charge in [0.05, 0.1) is 0 Å². The van der Waals surface area contributed by atoms with Gasteiger partial charge in [-0.3, -0.25) is 0 Å². The van der Waals surface area contributed by atoms with Crippen LogP contribution < -0.4 is 26.9 Å². The fourth-order valence-corrected chi connectivity index (χ4v) is 47.2. The number of nitrogens with zero attached hydrogens (tertiary/aromatic N) is 1. The van der Waals surface area contributed by atoms with Gasteiger partial charge in [0.2, 0.25) is 0 Å². The Morgan fingerprint density at radius 1 is 1.64 bits per heavy atom. The predicted molar refractivity (Wildman–Crippen MR) is 104 cm³/mol. The van der Waals surface area contributed by atoms with Crippen molar-refractivity contribution in [3.05, 3.63) is 14.3 Å². The number of rotatable bonds is 4. The zero-order valence-corrected chi connectivity index (χ0v) is 20.2. The van der Waals surface area contributed by atoms with Crippen molar-refractivity contribution in [1.82, 2.24) is 0 Å². The second-order valence-corrected chi connectivity index (χ2v) is 44.4. The Morgan fingerprint density at radius 3 is 2.86 bits per heavy atom. The summed E-state index contributed by atoms with van der Waals surface area (Å²) in [6.45, 7) is 0. The molecule has 0 fully saturated rings. The Kier molecular flexibility index (Phi) is 9.81. The van der Waals surface area contributed by atoms with E-state index >= 15 is 0 Å². The topological polar surface area (TPSA) is 38.4 Å². The summed E-state index contributed by atoms with van der Waals surface area (Å²) in [6.07, 6.45) is 0. The monoisotopic (exact) mass is 886 g/mol. The molecule has 2 N–H and O–H groups in total. The maximum absolute atomic E-state index is 5.90. The van der Waals surface area contributed by atoms with Crippen LogP contribution >= 0.6 is 104 Å². The van der Waals surface area contributed by atoms with Crippen LogP contribution in [-0.4, -0.2) is -0.0619 Å². The molecule has 0 saturated heterocycles. The molecule has 84 valence electrons. The number of hydrogen-bond acceptors (Lipinski definition) is 3.